The van der Waals surface area contributed by atoms with Crippen LogP contribution in [0.25, 0.3) is 0 Å². The van der Waals surface area contributed by atoms with Gasteiger partial charge in [0.1, 0.15) is 6.04 Å². The van der Waals surface area contributed by atoms with Gasteiger partial charge in [-0.05, 0) is 6.42 Å². The van der Waals surface area contributed by atoms with Gasteiger partial charge in [-0.15, -0.1) is 0 Å². The Hall–Kier alpha value is -1.55. The minimum atomic E-state index is -0.444. The number of hydrogen-bond donors (Lipinski definition) is 5. The Morgan fingerprint density at radius 3 is 2.45 bits per heavy atom. The molecule has 110 valence electrons. The number of nitrogens with one attached hydrogen (secondary N) is 4. The van der Waals surface area contributed by atoms with Gasteiger partial charge in [0.2, 0.25) is 5.88 Å². The Kier molecular flexibility index (Phi) is 5.01. The van der Waals surface area contributed by atoms with Gasteiger partial charge in [0.25, 0.3) is 5.91 Å². The van der Waals surface area contributed by atoms with Crippen molar-refractivity contribution < 1.29 is 14.7 Å². The van der Waals surface area contributed by atoms with E-state index in [9.17, 15) is 19.5 Å². The molecule has 3 amide bonds. The lowest BCUT2D eigenvalue weighted by atomic mass is 10.2. The zero-order valence-electron chi connectivity index (χ0n) is 10.4. The maximum absolute atomic E-state index is 11.3. The molecule has 5 N–H and O–H groups in total. The zero-order valence-corrected chi connectivity index (χ0v) is 12.0. The van der Waals surface area contributed by atoms with Crippen LogP contribution in [0.2, 0.25) is 0 Å². The van der Waals surface area contributed by atoms with E-state index >= 15 is 0 Å². The van der Waals surface area contributed by atoms with Gasteiger partial charge in [-0.1, -0.05) is 21.6 Å². The summed E-state index contributed by atoms with van der Waals surface area (Å²) < 4.78 is 0. The molecule has 0 radical (unpaired) electrons. The second-order valence-corrected chi connectivity index (χ2v) is 6.81. The quantitative estimate of drug-likeness (QED) is 0.272. The smallest absolute Gasteiger partial charge is 0.325 e. The molecule has 10 heteroatoms. The average Bonchev–Trinajstić information content (AvgIpc) is 2.86. The van der Waals surface area contributed by atoms with Crippen LogP contribution in [0, 0.1) is 0 Å². The summed E-state index contributed by atoms with van der Waals surface area (Å²) in [6, 6.07) is -0.884. The number of aromatic amines is 2. The molecule has 1 aromatic rings. The maximum atomic E-state index is 11.3. The van der Waals surface area contributed by atoms with Crippen molar-refractivity contribution >= 4 is 33.5 Å². The standard InChI is InChI=1S/C10H14N4O4S2/c15-7-5(11-9(17)13-7)1-3-19-20-4-2-6-8(16)14-10(18)12-6/h5,16H,1-4H2,(H2,12,14,18)(H2,11,13,15,17). The predicted molar refractivity (Wildman–Crippen MR) is 76.8 cm³/mol. The number of hydrogen-bond acceptors (Lipinski definition) is 6. The number of urea groups is 1. The molecule has 1 unspecified atom stereocenters. The Labute approximate surface area is 121 Å². The maximum Gasteiger partial charge on any atom is 0.325 e. The Morgan fingerprint density at radius 2 is 1.85 bits per heavy atom. The number of H-pyrrole nitrogens is 2. The Morgan fingerprint density at radius 1 is 1.10 bits per heavy atom. The fourth-order valence-electron chi connectivity index (χ4n) is 1.68. The molecule has 0 saturated carbocycles. The fraction of sp³-hybridized carbons (Fsp3) is 0.500. The van der Waals surface area contributed by atoms with Gasteiger partial charge in [-0.2, -0.15) is 0 Å². The van der Waals surface area contributed by atoms with Gasteiger partial charge in [0.15, 0.2) is 0 Å². The summed E-state index contributed by atoms with van der Waals surface area (Å²) in [4.78, 5) is 37.8. The summed E-state index contributed by atoms with van der Waals surface area (Å²) in [6.07, 6.45) is 1.12. The minimum Gasteiger partial charge on any atom is -0.493 e. The van der Waals surface area contributed by atoms with E-state index in [4.69, 9.17) is 0 Å². The average molecular weight is 318 g/mol. The van der Waals surface area contributed by atoms with Gasteiger partial charge in [-0.3, -0.25) is 15.1 Å². The monoisotopic (exact) mass is 318 g/mol. The largest absolute Gasteiger partial charge is 0.493 e. The van der Waals surface area contributed by atoms with E-state index in [0.29, 0.717) is 18.5 Å². The van der Waals surface area contributed by atoms with Crippen LogP contribution in [0.5, 0.6) is 5.88 Å². The lowest BCUT2D eigenvalue weighted by molar-refractivity contribution is -0.120. The number of amides is 3. The Balaban J connectivity index is 1.58. The summed E-state index contributed by atoms with van der Waals surface area (Å²) in [5.41, 5.74) is 0.0728. The van der Waals surface area contributed by atoms with Crippen molar-refractivity contribution in [2.24, 2.45) is 0 Å². The first-order valence-electron chi connectivity index (χ1n) is 5.92. The van der Waals surface area contributed by atoms with Gasteiger partial charge in [0.05, 0.1) is 5.69 Å². The van der Waals surface area contributed by atoms with Crippen molar-refractivity contribution in [1.82, 2.24) is 20.6 Å². The number of imidazole rings is 1. The summed E-state index contributed by atoms with van der Waals surface area (Å²) in [5, 5.41) is 14.1. The number of carbonyl (C=O) groups is 2. The van der Waals surface area contributed by atoms with Crippen molar-refractivity contribution in [2.75, 3.05) is 11.5 Å². The molecule has 1 fully saturated rings. The van der Waals surface area contributed by atoms with Crippen molar-refractivity contribution in [3.05, 3.63) is 16.2 Å². The second kappa shape index (κ2) is 6.75. The van der Waals surface area contributed by atoms with Crippen molar-refractivity contribution in [2.45, 2.75) is 18.9 Å². The van der Waals surface area contributed by atoms with Gasteiger partial charge in [0, 0.05) is 17.9 Å². The first-order chi connectivity index (χ1) is 9.56. The lowest BCUT2D eigenvalue weighted by Gasteiger charge is -2.05. The first kappa shape index (κ1) is 14.9. The third-order valence-corrected chi connectivity index (χ3v) is 5.09. The van der Waals surface area contributed by atoms with E-state index in [1.165, 1.54) is 0 Å². The lowest BCUT2D eigenvalue weighted by Crippen LogP contribution is -2.29. The van der Waals surface area contributed by atoms with Crippen LogP contribution >= 0.6 is 21.6 Å². The molecule has 8 nitrogen and oxygen atoms in total. The summed E-state index contributed by atoms with van der Waals surface area (Å²) >= 11 is 0. The van der Waals surface area contributed by atoms with Crippen LogP contribution in [0.3, 0.4) is 0 Å². The second-order valence-electron chi connectivity index (χ2n) is 4.10. The predicted octanol–water partition coefficient (Wildman–Crippen LogP) is -0.0694. The summed E-state index contributed by atoms with van der Waals surface area (Å²) in [7, 11) is 3.15. The third kappa shape index (κ3) is 3.97. The van der Waals surface area contributed by atoms with E-state index in [0.717, 1.165) is 11.5 Å². The number of aromatic nitrogens is 2. The normalized spacial score (nSPS) is 18.1. The van der Waals surface area contributed by atoms with Crippen LogP contribution in [-0.4, -0.2) is 44.6 Å². The molecule has 20 heavy (non-hydrogen) atoms. The molecule has 1 aliphatic heterocycles. The molecule has 2 heterocycles. The number of imide groups is 1. The topological polar surface area (TPSA) is 127 Å². The van der Waals surface area contributed by atoms with Crippen LogP contribution in [0.1, 0.15) is 12.1 Å². The van der Waals surface area contributed by atoms with Crippen molar-refractivity contribution in [3.8, 4) is 5.88 Å². The van der Waals surface area contributed by atoms with Gasteiger partial charge < -0.3 is 15.4 Å². The van der Waals surface area contributed by atoms with Gasteiger partial charge >= 0.3 is 11.7 Å². The molecule has 1 aromatic heterocycles. The summed E-state index contributed by atoms with van der Waals surface area (Å²) in [6.45, 7) is 0. The third-order valence-electron chi connectivity index (χ3n) is 2.65. The zero-order chi connectivity index (χ0) is 14.5. The molecular weight excluding hydrogens is 304 g/mol. The van der Waals surface area contributed by atoms with E-state index in [1.54, 1.807) is 21.6 Å². The van der Waals surface area contributed by atoms with Crippen LogP contribution in [0.15, 0.2) is 4.79 Å². The molecule has 2 rings (SSSR count). The molecule has 1 atom stereocenters. The molecule has 1 saturated heterocycles. The Bertz CT molecular complexity index is 556. The van der Waals surface area contributed by atoms with Crippen molar-refractivity contribution in [3.63, 3.8) is 0 Å². The minimum absolute atomic E-state index is 0.120. The van der Waals surface area contributed by atoms with E-state index in [-0.39, 0.29) is 11.8 Å². The van der Waals surface area contributed by atoms with Crippen molar-refractivity contribution in [1.29, 1.82) is 0 Å². The number of aromatic hydroxyl groups is 1. The molecule has 1 aliphatic rings. The highest BCUT2D eigenvalue weighted by Crippen LogP contribution is 2.24. The summed E-state index contributed by atoms with van der Waals surface area (Å²) in [5.74, 6) is 1.04. The molecule has 0 bridgehead atoms. The SMILES string of the molecule is O=C1NC(=O)C(CCSSCCc2[nH]c(=O)[nH]c2O)N1. The molecule has 0 spiro atoms. The molecule has 0 aromatic carbocycles. The van der Waals surface area contributed by atoms with Gasteiger partial charge in [-0.25, -0.2) is 9.59 Å². The van der Waals surface area contributed by atoms with Crippen LogP contribution < -0.4 is 16.3 Å². The molecule has 0 aliphatic carbocycles. The fourth-order valence-corrected chi connectivity index (χ4v) is 3.78. The highest BCUT2D eigenvalue weighted by molar-refractivity contribution is 8.76. The number of aryl methyl sites for hydroxylation is 1. The van der Waals surface area contributed by atoms with E-state index in [2.05, 4.69) is 20.6 Å². The van der Waals surface area contributed by atoms with Crippen LogP contribution in [0.4, 0.5) is 4.79 Å². The van der Waals surface area contributed by atoms with E-state index in [1.807, 2.05) is 0 Å². The van der Waals surface area contributed by atoms with Crippen LogP contribution in [-0.2, 0) is 11.2 Å². The first-order valence-corrected chi connectivity index (χ1v) is 8.41. The highest BCUT2D eigenvalue weighted by atomic mass is 33.1. The number of rotatable bonds is 7. The van der Waals surface area contributed by atoms with E-state index < -0.39 is 17.8 Å². The number of carbonyl (C=O) groups excluding carboxylic acids is 2. The molecular formula is C10H14N4O4S2. The highest BCUT2D eigenvalue weighted by Gasteiger charge is 2.28.